The number of fused-ring (bicyclic) bond motifs is 1. The minimum absolute atomic E-state index is 0.0949. The number of piperidine rings is 1. The van der Waals surface area contributed by atoms with Crippen LogP contribution in [-0.4, -0.2) is 59.4 Å². The average molecular weight is 383 g/mol. The Bertz CT molecular complexity index is 768. The van der Waals surface area contributed by atoms with Crippen LogP contribution in [0.5, 0.6) is 0 Å². The first-order chi connectivity index (χ1) is 13.6. The van der Waals surface area contributed by atoms with Crippen LogP contribution in [0.2, 0.25) is 0 Å². The number of carbonyl (C=O) groups is 2. The number of para-hydroxylation sites is 2. The maximum absolute atomic E-state index is 12.8. The monoisotopic (exact) mass is 382 g/mol. The fraction of sp³-hybridized carbons (Fsp3) is 0.636. The Kier molecular flexibility index (Phi) is 4.54. The van der Waals surface area contributed by atoms with Crippen molar-refractivity contribution in [3.05, 3.63) is 24.3 Å². The van der Waals surface area contributed by atoms with E-state index in [-0.39, 0.29) is 5.91 Å². The van der Waals surface area contributed by atoms with E-state index in [0.717, 1.165) is 69.2 Å². The molecule has 1 spiro atoms. The third kappa shape index (κ3) is 3.39. The molecule has 2 saturated heterocycles. The Balaban J connectivity index is 1.21. The van der Waals surface area contributed by atoms with Crippen LogP contribution in [-0.2, 0) is 9.59 Å². The zero-order chi connectivity index (χ0) is 19.1. The molecule has 6 heteroatoms. The second-order valence-corrected chi connectivity index (χ2v) is 9.01. The van der Waals surface area contributed by atoms with Gasteiger partial charge in [-0.3, -0.25) is 9.59 Å². The molecule has 1 aromatic rings. The molecular weight excluding hydrogens is 352 g/mol. The fourth-order valence-corrected chi connectivity index (χ4v) is 5.07. The molecule has 150 valence electrons. The number of carbonyl (C=O) groups excluding carboxylic acids is 2. The van der Waals surface area contributed by atoms with Crippen molar-refractivity contribution in [1.29, 1.82) is 0 Å². The Labute approximate surface area is 166 Å². The quantitative estimate of drug-likeness (QED) is 0.844. The molecule has 0 unspecified atom stereocenters. The van der Waals surface area contributed by atoms with Gasteiger partial charge in [-0.15, -0.1) is 0 Å². The van der Waals surface area contributed by atoms with Gasteiger partial charge in [-0.2, -0.15) is 0 Å². The maximum Gasteiger partial charge on any atom is 0.250 e. The molecule has 28 heavy (non-hydrogen) atoms. The van der Waals surface area contributed by atoms with Crippen LogP contribution in [0.15, 0.2) is 24.3 Å². The lowest BCUT2D eigenvalue weighted by atomic mass is 9.83. The summed E-state index contributed by atoms with van der Waals surface area (Å²) >= 11 is 0. The van der Waals surface area contributed by atoms with Gasteiger partial charge >= 0.3 is 0 Å². The van der Waals surface area contributed by atoms with Crippen LogP contribution in [0.25, 0.3) is 0 Å². The summed E-state index contributed by atoms with van der Waals surface area (Å²) in [5.41, 5.74) is 1.40. The molecule has 3 fully saturated rings. The molecule has 1 atom stereocenters. The van der Waals surface area contributed by atoms with E-state index in [1.807, 2.05) is 24.3 Å². The Morgan fingerprint density at radius 3 is 2.46 bits per heavy atom. The molecule has 0 radical (unpaired) electrons. The van der Waals surface area contributed by atoms with E-state index in [1.54, 1.807) is 0 Å². The van der Waals surface area contributed by atoms with Crippen LogP contribution >= 0.6 is 0 Å². The molecule has 3 aliphatic heterocycles. The number of hydrogen-bond acceptors (Lipinski definition) is 4. The lowest BCUT2D eigenvalue weighted by Crippen LogP contribution is -2.59. The van der Waals surface area contributed by atoms with Crippen molar-refractivity contribution in [2.45, 2.75) is 56.5 Å². The largest absolute Gasteiger partial charge is 0.369 e. The highest BCUT2D eigenvalue weighted by Gasteiger charge is 2.45. The zero-order valence-electron chi connectivity index (χ0n) is 16.5. The summed E-state index contributed by atoms with van der Waals surface area (Å²) in [6, 6.07) is 8.39. The molecular formula is C22H30N4O2. The molecule has 0 bridgehead atoms. The van der Waals surface area contributed by atoms with E-state index in [1.165, 1.54) is 12.8 Å². The van der Waals surface area contributed by atoms with Crippen LogP contribution in [0, 0.1) is 5.92 Å². The van der Waals surface area contributed by atoms with E-state index in [9.17, 15) is 9.59 Å². The molecule has 2 amide bonds. The van der Waals surface area contributed by atoms with Gasteiger partial charge in [0.1, 0.15) is 5.54 Å². The normalized spacial score (nSPS) is 27.7. The number of amides is 2. The van der Waals surface area contributed by atoms with E-state index < -0.39 is 5.54 Å². The van der Waals surface area contributed by atoms with Crippen LogP contribution < -0.4 is 10.6 Å². The summed E-state index contributed by atoms with van der Waals surface area (Å²) in [7, 11) is 0. The second kappa shape index (κ2) is 7.07. The Hall–Kier alpha value is -2.08. The van der Waals surface area contributed by atoms with Crippen molar-refractivity contribution >= 4 is 23.2 Å². The van der Waals surface area contributed by atoms with Gasteiger partial charge in [-0.25, -0.2) is 0 Å². The van der Waals surface area contributed by atoms with Gasteiger partial charge in [-0.05, 0) is 56.6 Å². The van der Waals surface area contributed by atoms with Crippen molar-refractivity contribution in [1.82, 2.24) is 9.80 Å². The summed E-state index contributed by atoms with van der Waals surface area (Å²) in [5.74, 6) is 1.19. The number of anilines is 2. The van der Waals surface area contributed by atoms with Gasteiger partial charge < -0.3 is 20.4 Å². The fourth-order valence-electron chi connectivity index (χ4n) is 5.07. The smallest absolute Gasteiger partial charge is 0.250 e. The Morgan fingerprint density at radius 1 is 0.964 bits per heavy atom. The summed E-state index contributed by atoms with van der Waals surface area (Å²) in [6.07, 6.45) is 6.89. The lowest BCUT2D eigenvalue weighted by molar-refractivity contribution is -0.130. The number of nitrogens with one attached hydrogen (secondary N) is 2. The number of likely N-dealkylation sites (tertiary alicyclic amines) is 2. The van der Waals surface area contributed by atoms with Gasteiger partial charge in [0.25, 0.3) is 0 Å². The minimum Gasteiger partial charge on any atom is -0.369 e. The summed E-state index contributed by atoms with van der Waals surface area (Å²) < 4.78 is 0. The van der Waals surface area contributed by atoms with Crippen LogP contribution in [0.1, 0.15) is 44.9 Å². The summed E-state index contributed by atoms with van der Waals surface area (Å²) in [5, 5.41) is 6.63. The maximum atomic E-state index is 12.8. The third-order valence-corrected chi connectivity index (χ3v) is 7.10. The van der Waals surface area contributed by atoms with Crippen LogP contribution in [0.3, 0.4) is 0 Å². The molecule has 1 aliphatic carbocycles. The van der Waals surface area contributed by atoms with E-state index in [2.05, 4.69) is 20.4 Å². The van der Waals surface area contributed by atoms with Crippen LogP contribution in [0.4, 0.5) is 11.4 Å². The lowest BCUT2D eigenvalue weighted by Gasteiger charge is -2.46. The number of rotatable bonds is 3. The second-order valence-electron chi connectivity index (χ2n) is 9.01. The predicted molar refractivity (Wildman–Crippen MR) is 109 cm³/mol. The Morgan fingerprint density at radius 2 is 1.71 bits per heavy atom. The minimum atomic E-state index is -0.497. The molecule has 5 rings (SSSR count). The van der Waals surface area contributed by atoms with Gasteiger partial charge in [-0.1, -0.05) is 12.1 Å². The van der Waals surface area contributed by atoms with Crippen molar-refractivity contribution in [3.8, 4) is 0 Å². The van der Waals surface area contributed by atoms with Gasteiger partial charge in [0.15, 0.2) is 0 Å². The van der Waals surface area contributed by atoms with Gasteiger partial charge in [0, 0.05) is 38.6 Å². The SMILES string of the molecule is O=C1CC[C@@H](N2CCC3(CC2)Nc2ccccc2NC3=O)CCN1CC1CC1. The summed E-state index contributed by atoms with van der Waals surface area (Å²) in [4.78, 5) is 29.9. The standard InChI is InChI=1S/C22H30N4O2/c27-20-8-7-17(9-12-26(20)15-16-5-6-16)25-13-10-22(11-14-25)21(28)23-18-3-1-2-4-19(18)24-22/h1-4,16-17,24H,5-15H2,(H,23,28)/t17-/m1/s1. The first-order valence-corrected chi connectivity index (χ1v) is 10.8. The van der Waals surface area contributed by atoms with Crippen molar-refractivity contribution in [2.24, 2.45) is 5.92 Å². The van der Waals surface area contributed by atoms with E-state index >= 15 is 0 Å². The van der Waals surface area contributed by atoms with Gasteiger partial charge in [0.2, 0.25) is 11.8 Å². The molecule has 1 aromatic carbocycles. The summed E-state index contributed by atoms with van der Waals surface area (Å²) in [6.45, 7) is 3.68. The molecule has 6 nitrogen and oxygen atoms in total. The molecule has 3 heterocycles. The van der Waals surface area contributed by atoms with E-state index in [0.29, 0.717) is 18.4 Å². The molecule has 4 aliphatic rings. The van der Waals surface area contributed by atoms with Crippen molar-refractivity contribution < 1.29 is 9.59 Å². The first-order valence-electron chi connectivity index (χ1n) is 10.8. The topological polar surface area (TPSA) is 64.7 Å². The zero-order valence-corrected chi connectivity index (χ0v) is 16.5. The highest BCUT2D eigenvalue weighted by Crippen LogP contribution is 2.37. The molecule has 2 N–H and O–H groups in total. The average Bonchev–Trinajstić information content (AvgIpc) is 3.54. The number of benzene rings is 1. The predicted octanol–water partition coefficient (Wildman–Crippen LogP) is 2.68. The van der Waals surface area contributed by atoms with Crippen molar-refractivity contribution in [3.63, 3.8) is 0 Å². The van der Waals surface area contributed by atoms with Crippen molar-refractivity contribution in [2.75, 3.05) is 36.8 Å². The molecule has 1 saturated carbocycles. The van der Waals surface area contributed by atoms with Gasteiger partial charge in [0.05, 0.1) is 11.4 Å². The number of nitrogens with zero attached hydrogens (tertiary/aromatic N) is 2. The highest BCUT2D eigenvalue weighted by molar-refractivity contribution is 6.06. The molecule has 0 aromatic heterocycles. The number of hydrogen-bond donors (Lipinski definition) is 2. The first kappa shape index (κ1) is 18.0. The van der Waals surface area contributed by atoms with E-state index in [4.69, 9.17) is 0 Å². The third-order valence-electron chi connectivity index (χ3n) is 7.10. The highest BCUT2D eigenvalue weighted by atomic mass is 16.2.